The summed E-state index contributed by atoms with van der Waals surface area (Å²) in [6.45, 7) is 9.77. The number of halogens is 1. The summed E-state index contributed by atoms with van der Waals surface area (Å²) in [5.41, 5.74) is 2.66. The number of aryl methyl sites for hydroxylation is 1. The van der Waals surface area contributed by atoms with Gasteiger partial charge >= 0.3 is 0 Å². The van der Waals surface area contributed by atoms with Gasteiger partial charge in [0.15, 0.2) is 0 Å². The summed E-state index contributed by atoms with van der Waals surface area (Å²) in [5, 5.41) is 0.349. The predicted octanol–water partition coefficient (Wildman–Crippen LogP) is 4.32. The lowest BCUT2D eigenvalue weighted by Crippen LogP contribution is -2.02. The Hall–Kier alpha value is -2.09. The number of aromatic nitrogens is 1. The summed E-state index contributed by atoms with van der Waals surface area (Å²) in [7, 11) is 1.58. The Balaban J connectivity index is 2.29. The van der Waals surface area contributed by atoms with Gasteiger partial charge in [0.05, 0.1) is 18.2 Å². The molecule has 0 spiro atoms. The molecule has 2 rings (SSSR count). The van der Waals surface area contributed by atoms with Crippen LogP contribution in [0.4, 0.5) is 5.69 Å². The van der Waals surface area contributed by atoms with Crippen LogP contribution in [0.3, 0.4) is 0 Å². The highest BCUT2D eigenvalue weighted by Gasteiger charge is 2.17. The summed E-state index contributed by atoms with van der Waals surface area (Å²) in [6.07, 6.45) is 0. The molecular formula is C16H15ClN2O2. The van der Waals surface area contributed by atoms with E-state index in [1.807, 2.05) is 37.3 Å². The van der Waals surface area contributed by atoms with E-state index in [9.17, 15) is 0 Å². The monoisotopic (exact) mass is 302 g/mol. The molecule has 0 bridgehead atoms. The summed E-state index contributed by atoms with van der Waals surface area (Å²) < 4.78 is 10.7. The molecule has 0 saturated heterocycles. The molecule has 0 radical (unpaired) electrons. The van der Waals surface area contributed by atoms with Crippen LogP contribution in [0.15, 0.2) is 30.3 Å². The molecule has 1 aromatic heterocycles. The number of hydrogen-bond acceptors (Lipinski definition) is 3. The van der Waals surface area contributed by atoms with Gasteiger partial charge in [-0.15, -0.1) is 0 Å². The molecule has 108 valence electrons. The first-order valence-electron chi connectivity index (χ1n) is 6.39. The summed E-state index contributed by atoms with van der Waals surface area (Å²) >= 11 is 6.27. The van der Waals surface area contributed by atoms with E-state index in [1.54, 1.807) is 7.11 Å². The van der Waals surface area contributed by atoms with Crippen molar-refractivity contribution in [1.29, 1.82) is 0 Å². The Bertz CT molecular complexity index is 666. The molecule has 21 heavy (non-hydrogen) atoms. The maximum atomic E-state index is 7.29. The standard InChI is InChI=1S/C16H15ClN2O2/c1-11-13(10-20-3)14(17)15(18-2)16(19-11)21-9-12-7-5-4-6-8-12/h4-8H,9-10H2,1,3H3. The number of methoxy groups -OCH3 is 1. The van der Waals surface area contributed by atoms with Gasteiger partial charge in [0.2, 0.25) is 5.88 Å². The fourth-order valence-corrected chi connectivity index (χ4v) is 2.22. The average molecular weight is 303 g/mol. The lowest BCUT2D eigenvalue weighted by Gasteiger charge is -2.13. The van der Waals surface area contributed by atoms with Gasteiger partial charge in [-0.3, -0.25) is 0 Å². The SMILES string of the molecule is [C-]#[N+]c1c(OCc2ccccc2)nc(C)c(COC)c1Cl. The lowest BCUT2D eigenvalue weighted by atomic mass is 10.2. The van der Waals surface area contributed by atoms with Crippen molar-refractivity contribution in [3.63, 3.8) is 0 Å². The molecule has 5 heteroatoms. The smallest absolute Gasteiger partial charge is 0.265 e. The Kier molecular flexibility index (Phi) is 5.15. The van der Waals surface area contributed by atoms with Crippen molar-refractivity contribution >= 4 is 17.3 Å². The second-order valence-corrected chi connectivity index (χ2v) is 4.84. The van der Waals surface area contributed by atoms with Crippen molar-refractivity contribution in [1.82, 2.24) is 4.98 Å². The second-order valence-electron chi connectivity index (χ2n) is 4.46. The first-order chi connectivity index (χ1) is 10.2. The molecule has 0 aliphatic carbocycles. The normalized spacial score (nSPS) is 10.2. The minimum absolute atomic E-state index is 0.227. The molecule has 2 aromatic rings. The summed E-state index contributed by atoms with van der Waals surface area (Å²) in [5.74, 6) is 0.260. The van der Waals surface area contributed by atoms with E-state index in [-0.39, 0.29) is 11.6 Å². The third-order valence-corrected chi connectivity index (χ3v) is 3.41. The van der Waals surface area contributed by atoms with Gasteiger partial charge in [-0.2, -0.15) is 0 Å². The van der Waals surface area contributed by atoms with Crippen LogP contribution >= 0.6 is 11.6 Å². The van der Waals surface area contributed by atoms with Crippen molar-refractivity contribution in [3.05, 3.63) is 63.6 Å². The number of hydrogen-bond donors (Lipinski definition) is 0. The quantitative estimate of drug-likeness (QED) is 0.772. The molecule has 0 aliphatic heterocycles. The van der Waals surface area contributed by atoms with Crippen LogP contribution in [-0.2, 0) is 18.0 Å². The van der Waals surface area contributed by atoms with Crippen molar-refractivity contribution in [3.8, 4) is 5.88 Å². The number of pyridine rings is 1. The fraction of sp³-hybridized carbons (Fsp3) is 0.250. The Morgan fingerprint density at radius 3 is 2.57 bits per heavy atom. The molecule has 0 saturated carbocycles. The maximum absolute atomic E-state index is 7.29. The number of rotatable bonds is 5. The van der Waals surface area contributed by atoms with Crippen molar-refractivity contribution in [2.75, 3.05) is 7.11 Å². The molecule has 1 aromatic carbocycles. The van der Waals surface area contributed by atoms with E-state index in [0.717, 1.165) is 11.1 Å². The summed E-state index contributed by atoms with van der Waals surface area (Å²) in [6, 6.07) is 9.70. The number of ether oxygens (including phenoxy) is 2. The minimum atomic E-state index is 0.227. The second kappa shape index (κ2) is 7.07. The Labute approximate surface area is 129 Å². The Morgan fingerprint density at radius 2 is 1.95 bits per heavy atom. The molecule has 1 heterocycles. The number of nitrogens with zero attached hydrogens (tertiary/aromatic N) is 2. The van der Waals surface area contributed by atoms with Crippen LogP contribution in [0.1, 0.15) is 16.8 Å². The van der Waals surface area contributed by atoms with E-state index in [4.69, 9.17) is 27.6 Å². The highest BCUT2D eigenvalue weighted by atomic mass is 35.5. The van der Waals surface area contributed by atoms with Gasteiger partial charge in [0.25, 0.3) is 5.69 Å². The van der Waals surface area contributed by atoms with Gasteiger partial charge in [0.1, 0.15) is 6.61 Å². The van der Waals surface area contributed by atoms with Gasteiger partial charge in [-0.25, -0.2) is 9.83 Å². The van der Waals surface area contributed by atoms with Gasteiger partial charge in [-0.1, -0.05) is 41.9 Å². The van der Waals surface area contributed by atoms with Crippen molar-refractivity contribution in [2.24, 2.45) is 0 Å². The van der Waals surface area contributed by atoms with Crippen LogP contribution < -0.4 is 4.74 Å². The molecule has 4 nitrogen and oxygen atoms in total. The molecule has 0 aliphatic rings. The van der Waals surface area contributed by atoms with E-state index in [0.29, 0.717) is 23.9 Å². The zero-order valence-corrected chi connectivity index (χ0v) is 12.6. The molecule has 0 unspecified atom stereocenters. The average Bonchev–Trinajstić information content (AvgIpc) is 2.50. The maximum Gasteiger partial charge on any atom is 0.265 e. The summed E-state index contributed by atoms with van der Waals surface area (Å²) in [4.78, 5) is 7.78. The third kappa shape index (κ3) is 3.52. The van der Waals surface area contributed by atoms with E-state index < -0.39 is 0 Å². The highest BCUT2D eigenvalue weighted by molar-refractivity contribution is 6.34. The van der Waals surface area contributed by atoms with Crippen LogP contribution in [0, 0.1) is 13.5 Å². The van der Waals surface area contributed by atoms with Crippen LogP contribution in [0.5, 0.6) is 5.88 Å². The highest BCUT2D eigenvalue weighted by Crippen LogP contribution is 2.38. The van der Waals surface area contributed by atoms with E-state index in [2.05, 4.69) is 9.83 Å². The molecule has 0 amide bonds. The van der Waals surface area contributed by atoms with E-state index >= 15 is 0 Å². The molecule has 0 atom stereocenters. The zero-order valence-electron chi connectivity index (χ0n) is 11.9. The number of benzene rings is 1. The minimum Gasteiger partial charge on any atom is -0.481 e. The van der Waals surface area contributed by atoms with Crippen molar-refractivity contribution in [2.45, 2.75) is 20.1 Å². The third-order valence-electron chi connectivity index (χ3n) is 3.00. The molecule has 0 N–H and O–H groups in total. The first kappa shape index (κ1) is 15.3. The first-order valence-corrected chi connectivity index (χ1v) is 6.77. The van der Waals surface area contributed by atoms with E-state index in [1.165, 1.54) is 0 Å². The molecular weight excluding hydrogens is 288 g/mol. The van der Waals surface area contributed by atoms with Crippen LogP contribution in [0.2, 0.25) is 5.02 Å². The van der Waals surface area contributed by atoms with Gasteiger partial charge < -0.3 is 9.47 Å². The molecule has 0 fully saturated rings. The van der Waals surface area contributed by atoms with Gasteiger partial charge in [-0.05, 0) is 12.5 Å². The van der Waals surface area contributed by atoms with Gasteiger partial charge in [0, 0.05) is 18.4 Å². The largest absolute Gasteiger partial charge is 0.481 e. The fourth-order valence-electron chi connectivity index (χ4n) is 1.90. The topological polar surface area (TPSA) is 35.7 Å². The Morgan fingerprint density at radius 1 is 1.24 bits per heavy atom. The lowest BCUT2D eigenvalue weighted by molar-refractivity contribution is 0.184. The van der Waals surface area contributed by atoms with Crippen LogP contribution in [-0.4, -0.2) is 12.1 Å². The predicted molar refractivity (Wildman–Crippen MR) is 81.7 cm³/mol. The zero-order chi connectivity index (χ0) is 15.2. The van der Waals surface area contributed by atoms with Crippen LogP contribution in [0.25, 0.3) is 4.85 Å². The van der Waals surface area contributed by atoms with Crippen molar-refractivity contribution < 1.29 is 9.47 Å².